The van der Waals surface area contributed by atoms with Gasteiger partial charge in [0.15, 0.2) is 0 Å². The van der Waals surface area contributed by atoms with Crippen molar-refractivity contribution < 1.29 is 0 Å². The highest BCUT2D eigenvalue weighted by Crippen LogP contribution is 2.24. The van der Waals surface area contributed by atoms with Gasteiger partial charge >= 0.3 is 0 Å². The summed E-state index contributed by atoms with van der Waals surface area (Å²) in [6.45, 7) is 1.58. The predicted octanol–water partition coefficient (Wildman–Crippen LogP) is 2.92. The summed E-state index contributed by atoms with van der Waals surface area (Å²) >= 11 is 6.06. The van der Waals surface area contributed by atoms with Crippen molar-refractivity contribution >= 4 is 17.3 Å². The molecule has 0 atom stereocenters. The van der Waals surface area contributed by atoms with Gasteiger partial charge in [-0.3, -0.25) is 4.98 Å². The van der Waals surface area contributed by atoms with Gasteiger partial charge in [-0.15, -0.1) is 0 Å². The molecule has 1 aromatic heterocycles. The van der Waals surface area contributed by atoms with Gasteiger partial charge in [0.05, 0.1) is 0 Å². The number of benzene rings is 1. The van der Waals surface area contributed by atoms with Crippen LogP contribution < -0.4 is 10.6 Å². The zero-order valence-corrected chi connectivity index (χ0v) is 12.5. The third-order valence-corrected chi connectivity index (χ3v) is 3.59. The minimum absolute atomic E-state index is 0.630. The Hall–Kier alpha value is -1.58. The van der Waals surface area contributed by atoms with E-state index in [0.29, 0.717) is 6.54 Å². The number of likely N-dealkylation sites (N-methyl/N-ethyl adjacent to an activating group) is 1. The Balaban J connectivity index is 2.06. The summed E-state index contributed by atoms with van der Waals surface area (Å²) in [4.78, 5) is 6.29. The topological polar surface area (TPSA) is 42.2 Å². The fraction of sp³-hybridized carbons (Fsp3) is 0.312. The van der Waals surface area contributed by atoms with E-state index in [-0.39, 0.29) is 0 Å². The van der Waals surface area contributed by atoms with Crippen LogP contribution >= 0.6 is 11.6 Å². The van der Waals surface area contributed by atoms with Crippen LogP contribution in [-0.2, 0) is 12.8 Å². The Morgan fingerprint density at radius 2 is 1.90 bits per heavy atom. The molecule has 1 aromatic carbocycles. The van der Waals surface area contributed by atoms with Gasteiger partial charge in [0.1, 0.15) is 0 Å². The average molecular weight is 290 g/mol. The molecule has 2 rings (SSSR count). The van der Waals surface area contributed by atoms with E-state index in [1.54, 1.807) is 0 Å². The van der Waals surface area contributed by atoms with Gasteiger partial charge in [-0.2, -0.15) is 0 Å². The first-order chi connectivity index (χ1) is 9.70. The molecule has 0 spiro atoms. The third kappa shape index (κ3) is 3.95. The molecule has 1 heterocycles. The molecule has 2 N–H and O–H groups in total. The van der Waals surface area contributed by atoms with E-state index in [2.05, 4.69) is 35.1 Å². The Morgan fingerprint density at radius 3 is 2.60 bits per heavy atom. The second-order valence-corrected chi connectivity index (χ2v) is 5.28. The van der Waals surface area contributed by atoms with Crippen molar-refractivity contribution in [2.75, 3.05) is 25.0 Å². The highest BCUT2D eigenvalue weighted by Gasteiger charge is 2.08. The molecule has 2 aromatic rings. The minimum atomic E-state index is 0.630. The van der Waals surface area contributed by atoms with Gasteiger partial charge in [0.2, 0.25) is 0 Å². The van der Waals surface area contributed by atoms with Crippen molar-refractivity contribution in [1.82, 2.24) is 4.98 Å². The van der Waals surface area contributed by atoms with Crippen molar-refractivity contribution in [1.29, 1.82) is 0 Å². The quantitative estimate of drug-likeness (QED) is 0.889. The van der Waals surface area contributed by atoms with Crippen molar-refractivity contribution in [3.63, 3.8) is 0 Å². The summed E-state index contributed by atoms with van der Waals surface area (Å²) in [7, 11) is 2.10. The second kappa shape index (κ2) is 7.27. The molecular formula is C16H20ClN3. The molecule has 4 heteroatoms. The van der Waals surface area contributed by atoms with E-state index in [4.69, 9.17) is 17.3 Å². The summed E-state index contributed by atoms with van der Waals surface area (Å²) in [6, 6.07) is 10.1. The molecule has 0 aliphatic rings. The van der Waals surface area contributed by atoms with Crippen LogP contribution in [0.1, 0.15) is 11.1 Å². The SMILES string of the molecule is CN(CCc1ccncc1)c1ccc(Cl)cc1CCN. The lowest BCUT2D eigenvalue weighted by molar-refractivity contribution is 0.859. The molecule has 0 saturated heterocycles. The summed E-state index contributed by atoms with van der Waals surface area (Å²) in [5, 5.41) is 0.764. The Bertz CT molecular complexity index is 543. The fourth-order valence-electron chi connectivity index (χ4n) is 2.25. The molecule has 0 saturated carbocycles. The summed E-state index contributed by atoms with van der Waals surface area (Å²) in [6.07, 6.45) is 5.49. The zero-order chi connectivity index (χ0) is 14.4. The number of anilines is 1. The molecule has 0 aliphatic carbocycles. The van der Waals surface area contributed by atoms with Crippen LogP contribution in [0.15, 0.2) is 42.7 Å². The first-order valence-corrected chi connectivity index (χ1v) is 7.17. The van der Waals surface area contributed by atoms with Crippen LogP contribution in [-0.4, -0.2) is 25.1 Å². The largest absolute Gasteiger partial charge is 0.374 e. The maximum absolute atomic E-state index is 6.06. The Labute approximate surface area is 125 Å². The van der Waals surface area contributed by atoms with Crippen LogP contribution in [0, 0.1) is 0 Å². The summed E-state index contributed by atoms with van der Waals surface area (Å²) in [5.74, 6) is 0. The zero-order valence-electron chi connectivity index (χ0n) is 11.7. The molecule has 0 bridgehead atoms. The summed E-state index contributed by atoms with van der Waals surface area (Å²) in [5.41, 5.74) is 9.38. The molecule has 0 aliphatic heterocycles. The molecular weight excluding hydrogens is 270 g/mol. The van der Waals surface area contributed by atoms with E-state index in [1.807, 2.05) is 24.5 Å². The van der Waals surface area contributed by atoms with E-state index < -0.39 is 0 Å². The van der Waals surface area contributed by atoms with E-state index in [9.17, 15) is 0 Å². The number of nitrogens with zero attached hydrogens (tertiary/aromatic N) is 2. The number of nitrogens with two attached hydrogens (primary N) is 1. The van der Waals surface area contributed by atoms with Crippen LogP contribution in [0.2, 0.25) is 5.02 Å². The molecule has 20 heavy (non-hydrogen) atoms. The Morgan fingerprint density at radius 1 is 1.15 bits per heavy atom. The van der Waals surface area contributed by atoms with Crippen molar-refractivity contribution in [2.24, 2.45) is 5.73 Å². The van der Waals surface area contributed by atoms with Crippen LogP contribution in [0.3, 0.4) is 0 Å². The van der Waals surface area contributed by atoms with Crippen molar-refractivity contribution in [3.8, 4) is 0 Å². The van der Waals surface area contributed by atoms with Crippen LogP contribution in [0.25, 0.3) is 0 Å². The first-order valence-electron chi connectivity index (χ1n) is 6.79. The number of hydrogen-bond donors (Lipinski definition) is 1. The number of rotatable bonds is 6. The highest BCUT2D eigenvalue weighted by atomic mass is 35.5. The van der Waals surface area contributed by atoms with Gasteiger partial charge in [0.25, 0.3) is 0 Å². The monoisotopic (exact) mass is 289 g/mol. The van der Waals surface area contributed by atoms with Gasteiger partial charge < -0.3 is 10.6 Å². The predicted molar refractivity (Wildman–Crippen MR) is 85.4 cm³/mol. The smallest absolute Gasteiger partial charge is 0.0410 e. The van der Waals surface area contributed by atoms with Crippen molar-refractivity contribution in [2.45, 2.75) is 12.8 Å². The number of pyridine rings is 1. The van der Waals surface area contributed by atoms with Gasteiger partial charge in [-0.1, -0.05) is 11.6 Å². The van der Waals surface area contributed by atoms with Gasteiger partial charge in [-0.25, -0.2) is 0 Å². The standard InChI is InChI=1S/C16H20ClN3/c1-20(11-7-13-5-9-19-10-6-13)16-3-2-15(17)12-14(16)4-8-18/h2-3,5-6,9-10,12H,4,7-8,11,18H2,1H3. The number of hydrogen-bond acceptors (Lipinski definition) is 3. The average Bonchev–Trinajstić information content (AvgIpc) is 2.46. The lowest BCUT2D eigenvalue weighted by Gasteiger charge is -2.22. The van der Waals surface area contributed by atoms with Crippen LogP contribution in [0.4, 0.5) is 5.69 Å². The highest BCUT2D eigenvalue weighted by molar-refractivity contribution is 6.30. The maximum atomic E-state index is 6.06. The first kappa shape index (κ1) is 14.8. The minimum Gasteiger partial charge on any atom is -0.374 e. The second-order valence-electron chi connectivity index (χ2n) is 4.84. The maximum Gasteiger partial charge on any atom is 0.0410 e. The lowest BCUT2D eigenvalue weighted by Crippen LogP contribution is -2.22. The number of halogens is 1. The molecule has 0 amide bonds. The summed E-state index contributed by atoms with van der Waals surface area (Å²) < 4.78 is 0. The number of aromatic nitrogens is 1. The molecule has 0 unspecified atom stereocenters. The third-order valence-electron chi connectivity index (χ3n) is 3.35. The molecule has 0 fully saturated rings. The normalized spacial score (nSPS) is 10.6. The fourth-order valence-corrected chi connectivity index (χ4v) is 2.44. The van der Waals surface area contributed by atoms with Gasteiger partial charge in [-0.05, 0) is 60.8 Å². The van der Waals surface area contributed by atoms with E-state index in [1.165, 1.54) is 16.8 Å². The van der Waals surface area contributed by atoms with Gasteiger partial charge in [0, 0.05) is 36.7 Å². The van der Waals surface area contributed by atoms with E-state index in [0.717, 1.165) is 24.4 Å². The van der Waals surface area contributed by atoms with Crippen molar-refractivity contribution in [3.05, 3.63) is 58.9 Å². The molecule has 3 nitrogen and oxygen atoms in total. The molecule has 0 radical (unpaired) electrons. The van der Waals surface area contributed by atoms with E-state index >= 15 is 0 Å². The molecule has 106 valence electrons. The van der Waals surface area contributed by atoms with Crippen LogP contribution in [0.5, 0.6) is 0 Å². The lowest BCUT2D eigenvalue weighted by atomic mass is 10.1. The Kier molecular flexibility index (Phi) is 5.39.